The SMILES string of the molecule is CCn1cnnc1CNC(=O)NC(=O)COCC(=O)O. The first kappa shape index (κ1) is 15.6. The molecule has 0 atom stereocenters. The highest BCUT2D eigenvalue weighted by Gasteiger charge is 2.10. The zero-order chi connectivity index (χ0) is 15.0. The van der Waals surface area contributed by atoms with Crippen LogP contribution in [0.2, 0.25) is 0 Å². The second kappa shape index (κ2) is 7.84. The third-order valence-corrected chi connectivity index (χ3v) is 2.16. The standard InChI is InChI=1S/C10H15N5O5/c1-2-15-6-12-14-7(15)3-11-10(19)13-8(16)4-20-5-9(17)18/h6H,2-5H2,1H3,(H,17,18)(H2,11,13,16,19). The van der Waals surface area contributed by atoms with Gasteiger partial charge in [-0.25, -0.2) is 9.59 Å². The highest BCUT2D eigenvalue weighted by atomic mass is 16.5. The molecular formula is C10H15N5O5. The average Bonchev–Trinajstić information content (AvgIpc) is 2.83. The van der Waals surface area contributed by atoms with E-state index in [4.69, 9.17) is 5.11 Å². The van der Waals surface area contributed by atoms with Crippen molar-refractivity contribution < 1.29 is 24.2 Å². The molecule has 20 heavy (non-hydrogen) atoms. The lowest BCUT2D eigenvalue weighted by molar-refractivity contribution is -0.143. The van der Waals surface area contributed by atoms with Crippen LogP contribution in [0.25, 0.3) is 0 Å². The van der Waals surface area contributed by atoms with Gasteiger partial charge in [-0.15, -0.1) is 10.2 Å². The lowest BCUT2D eigenvalue weighted by Crippen LogP contribution is -2.41. The molecule has 1 heterocycles. The summed E-state index contributed by atoms with van der Waals surface area (Å²) in [6.45, 7) is 1.56. The van der Waals surface area contributed by atoms with Gasteiger partial charge in [0.15, 0.2) is 5.82 Å². The molecule has 0 fully saturated rings. The Balaban J connectivity index is 2.26. The van der Waals surface area contributed by atoms with Crippen LogP contribution in [-0.2, 0) is 27.4 Å². The summed E-state index contributed by atoms with van der Waals surface area (Å²) in [6.07, 6.45) is 1.53. The van der Waals surface area contributed by atoms with Crippen molar-refractivity contribution in [2.75, 3.05) is 13.2 Å². The van der Waals surface area contributed by atoms with Gasteiger partial charge in [0.1, 0.15) is 19.5 Å². The minimum Gasteiger partial charge on any atom is -0.480 e. The molecule has 0 aromatic carbocycles. The van der Waals surface area contributed by atoms with Crippen molar-refractivity contribution in [2.45, 2.75) is 20.0 Å². The highest BCUT2D eigenvalue weighted by Crippen LogP contribution is 1.93. The van der Waals surface area contributed by atoms with Gasteiger partial charge in [0.05, 0.1) is 6.54 Å². The summed E-state index contributed by atoms with van der Waals surface area (Å²) in [5.74, 6) is -1.38. The van der Waals surface area contributed by atoms with Crippen LogP contribution in [0.4, 0.5) is 4.79 Å². The number of urea groups is 1. The van der Waals surface area contributed by atoms with Crippen LogP contribution in [0.1, 0.15) is 12.7 Å². The monoisotopic (exact) mass is 285 g/mol. The minimum atomic E-state index is -1.19. The molecule has 1 rings (SSSR count). The van der Waals surface area contributed by atoms with Gasteiger partial charge < -0.3 is 19.7 Å². The third-order valence-electron chi connectivity index (χ3n) is 2.16. The van der Waals surface area contributed by atoms with Gasteiger partial charge in [-0.2, -0.15) is 0 Å². The molecule has 0 bridgehead atoms. The summed E-state index contributed by atoms with van der Waals surface area (Å²) in [5.41, 5.74) is 0. The van der Waals surface area contributed by atoms with Crippen LogP contribution in [0.5, 0.6) is 0 Å². The van der Waals surface area contributed by atoms with Crippen molar-refractivity contribution in [1.82, 2.24) is 25.4 Å². The zero-order valence-electron chi connectivity index (χ0n) is 10.8. The molecule has 10 heteroatoms. The van der Waals surface area contributed by atoms with Crippen molar-refractivity contribution in [2.24, 2.45) is 0 Å². The van der Waals surface area contributed by atoms with Crippen molar-refractivity contribution >= 4 is 17.9 Å². The number of rotatable bonds is 7. The first-order chi connectivity index (χ1) is 9.52. The molecule has 0 spiro atoms. The number of imide groups is 1. The summed E-state index contributed by atoms with van der Waals surface area (Å²) in [5, 5.41) is 20.2. The number of hydrogen-bond acceptors (Lipinski definition) is 6. The van der Waals surface area contributed by atoms with Gasteiger partial charge in [0.2, 0.25) is 0 Å². The summed E-state index contributed by atoms with van der Waals surface area (Å²) >= 11 is 0. The number of aliphatic carboxylic acids is 1. The van der Waals surface area contributed by atoms with Gasteiger partial charge in [-0.1, -0.05) is 0 Å². The molecule has 0 radical (unpaired) electrons. The van der Waals surface area contributed by atoms with Gasteiger partial charge in [0.25, 0.3) is 5.91 Å². The lowest BCUT2D eigenvalue weighted by atomic mass is 10.5. The summed E-state index contributed by atoms with van der Waals surface area (Å²) in [6, 6.07) is -0.723. The predicted molar refractivity (Wildman–Crippen MR) is 64.5 cm³/mol. The van der Waals surface area contributed by atoms with Crippen molar-refractivity contribution in [3.8, 4) is 0 Å². The quantitative estimate of drug-likeness (QED) is 0.568. The maximum atomic E-state index is 11.4. The van der Waals surface area contributed by atoms with Gasteiger partial charge in [-0.3, -0.25) is 10.1 Å². The largest absolute Gasteiger partial charge is 0.480 e. The second-order valence-electron chi connectivity index (χ2n) is 3.65. The maximum Gasteiger partial charge on any atom is 0.329 e. The molecule has 0 saturated heterocycles. The number of carboxylic acids is 1. The Bertz CT molecular complexity index is 486. The molecule has 0 saturated carbocycles. The fourth-order valence-electron chi connectivity index (χ4n) is 1.28. The minimum absolute atomic E-state index is 0.114. The van der Waals surface area contributed by atoms with E-state index in [1.807, 2.05) is 12.2 Å². The molecule has 1 aromatic heterocycles. The molecule has 3 amide bonds. The van der Waals surface area contributed by atoms with Gasteiger partial charge in [0, 0.05) is 6.54 Å². The van der Waals surface area contributed by atoms with E-state index in [2.05, 4.69) is 20.3 Å². The zero-order valence-corrected chi connectivity index (χ0v) is 10.8. The Morgan fingerprint density at radius 1 is 1.40 bits per heavy atom. The Kier molecular flexibility index (Phi) is 6.10. The van der Waals surface area contributed by atoms with Gasteiger partial charge in [-0.05, 0) is 6.92 Å². The Labute approximate surface area is 114 Å². The molecule has 0 unspecified atom stereocenters. The fourth-order valence-corrected chi connectivity index (χ4v) is 1.28. The highest BCUT2D eigenvalue weighted by molar-refractivity contribution is 5.94. The number of hydrogen-bond donors (Lipinski definition) is 3. The summed E-state index contributed by atoms with van der Waals surface area (Å²) < 4.78 is 6.26. The number of carbonyl (C=O) groups excluding carboxylic acids is 2. The number of carbonyl (C=O) groups is 3. The van der Waals surface area contributed by atoms with E-state index < -0.39 is 31.1 Å². The van der Waals surface area contributed by atoms with E-state index in [1.54, 1.807) is 4.57 Å². The first-order valence-corrected chi connectivity index (χ1v) is 5.76. The van der Waals surface area contributed by atoms with Crippen molar-refractivity contribution in [3.05, 3.63) is 12.2 Å². The molecule has 0 aliphatic rings. The van der Waals surface area contributed by atoms with Crippen LogP contribution in [0, 0.1) is 0 Å². The number of ether oxygens (including phenoxy) is 1. The molecule has 3 N–H and O–H groups in total. The predicted octanol–water partition coefficient (Wildman–Crippen LogP) is -1.27. The number of carboxylic acid groups (broad SMARTS) is 1. The van der Waals surface area contributed by atoms with Crippen LogP contribution >= 0.6 is 0 Å². The van der Waals surface area contributed by atoms with E-state index >= 15 is 0 Å². The van der Waals surface area contributed by atoms with E-state index in [1.165, 1.54) is 6.33 Å². The third kappa shape index (κ3) is 5.44. The van der Waals surface area contributed by atoms with E-state index in [-0.39, 0.29) is 6.54 Å². The van der Waals surface area contributed by atoms with Crippen molar-refractivity contribution in [3.63, 3.8) is 0 Å². The van der Waals surface area contributed by atoms with Crippen LogP contribution in [0.15, 0.2) is 6.33 Å². The first-order valence-electron chi connectivity index (χ1n) is 5.76. The van der Waals surface area contributed by atoms with E-state index in [0.29, 0.717) is 12.4 Å². The molecule has 0 aliphatic heterocycles. The average molecular weight is 285 g/mol. The Hall–Kier alpha value is -2.49. The van der Waals surface area contributed by atoms with Crippen molar-refractivity contribution in [1.29, 1.82) is 0 Å². The lowest BCUT2D eigenvalue weighted by Gasteiger charge is -2.07. The number of nitrogens with zero attached hydrogens (tertiary/aromatic N) is 3. The van der Waals surface area contributed by atoms with E-state index in [0.717, 1.165) is 0 Å². The summed E-state index contributed by atoms with van der Waals surface area (Å²) in [4.78, 5) is 32.7. The van der Waals surface area contributed by atoms with Crippen LogP contribution < -0.4 is 10.6 Å². The topological polar surface area (TPSA) is 135 Å². The second-order valence-corrected chi connectivity index (χ2v) is 3.65. The van der Waals surface area contributed by atoms with Crippen LogP contribution in [0.3, 0.4) is 0 Å². The maximum absolute atomic E-state index is 11.4. The smallest absolute Gasteiger partial charge is 0.329 e. The van der Waals surface area contributed by atoms with Crippen LogP contribution in [-0.4, -0.2) is 51.0 Å². The molecular weight excluding hydrogens is 270 g/mol. The number of nitrogens with one attached hydrogen (secondary N) is 2. The normalized spacial score (nSPS) is 10.1. The Morgan fingerprint density at radius 3 is 2.80 bits per heavy atom. The Morgan fingerprint density at radius 2 is 2.15 bits per heavy atom. The van der Waals surface area contributed by atoms with E-state index in [9.17, 15) is 14.4 Å². The fraction of sp³-hybridized carbons (Fsp3) is 0.500. The number of amides is 3. The molecule has 1 aromatic rings. The molecule has 110 valence electrons. The number of aryl methyl sites for hydroxylation is 1. The molecule has 0 aliphatic carbocycles. The summed E-state index contributed by atoms with van der Waals surface area (Å²) in [7, 11) is 0. The van der Waals surface area contributed by atoms with Gasteiger partial charge >= 0.3 is 12.0 Å². The molecule has 10 nitrogen and oxygen atoms in total. The number of aromatic nitrogens is 3.